The summed E-state index contributed by atoms with van der Waals surface area (Å²) >= 11 is 0. The Bertz CT molecular complexity index is 1200. The third-order valence-corrected chi connectivity index (χ3v) is 6.20. The molecule has 38 heavy (non-hydrogen) atoms. The van der Waals surface area contributed by atoms with E-state index in [0.29, 0.717) is 24.2 Å². The van der Waals surface area contributed by atoms with E-state index >= 15 is 0 Å². The first-order chi connectivity index (χ1) is 18.4. The number of aromatic nitrogens is 1. The second kappa shape index (κ2) is 14.4. The number of pyridine rings is 1. The highest BCUT2D eigenvalue weighted by Crippen LogP contribution is 2.24. The van der Waals surface area contributed by atoms with Crippen LogP contribution in [-0.4, -0.2) is 48.5 Å². The number of hydrogen-bond acceptors (Lipinski definition) is 5. The lowest BCUT2D eigenvalue weighted by Gasteiger charge is -2.32. The van der Waals surface area contributed by atoms with Gasteiger partial charge in [0, 0.05) is 50.7 Å². The number of rotatable bonds is 12. The lowest BCUT2D eigenvalue weighted by atomic mass is 10.0. The molecule has 1 atom stereocenters. The van der Waals surface area contributed by atoms with E-state index in [4.69, 9.17) is 5.26 Å². The zero-order chi connectivity index (χ0) is 27.3. The highest BCUT2D eigenvalue weighted by Gasteiger charge is 2.25. The van der Waals surface area contributed by atoms with Gasteiger partial charge in [0.1, 0.15) is 11.9 Å². The van der Waals surface area contributed by atoms with Crippen LogP contribution in [-0.2, 0) is 6.54 Å². The van der Waals surface area contributed by atoms with Crippen LogP contribution in [0.2, 0.25) is 0 Å². The molecular formula is C30H36N6O2. The van der Waals surface area contributed by atoms with Gasteiger partial charge in [0.2, 0.25) is 0 Å². The third kappa shape index (κ3) is 8.07. The normalized spacial score (nSPS) is 11.2. The SMILES string of the molecule is CCC[C@@H](CCCNc1ccc(C#N)cn1)N(C(=O)NCc1ccccc1)c1ccc(C(=O)N(C)C)cc1. The number of amides is 3. The molecule has 0 spiro atoms. The van der Waals surface area contributed by atoms with E-state index in [1.807, 2.05) is 47.4 Å². The van der Waals surface area contributed by atoms with E-state index in [1.165, 1.54) is 4.90 Å². The Morgan fingerprint density at radius 3 is 2.34 bits per heavy atom. The second-order valence-electron chi connectivity index (χ2n) is 9.32. The molecule has 0 fully saturated rings. The van der Waals surface area contributed by atoms with Crippen molar-refractivity contribution in [3.8, 4) is 6.07 Å². The Morgan fingerprint density at radius 2 is 1.74 bits per heavy atom. The fraction of sp³-hybridized carbons (Fsp3) is 0.333. The minimum Gasteiger partial charge on any atom is -0.370 e. The highest BCUT2D eigenvalue weighted by atomic mass is 16.2. The lowest BCUT2D eigenvalue weighted by Crippen LogP contribution is -2.46. The number of nitrogens with zero attached hydrogens (tertiary/aromatic N) is 4. The van der Waals surface area contributed by atoms with Crippen LogP contribution in [0.1, 0.15) is 54.1 Å². The van der Waals surface area contributed by atoms with Gasteiger partial charge >= 0.3 is 6.03 Å². The lowest BCUT2D eigenvalue weighted by molar-refractivity contribution is 0.0827. The van der Waals surface area contributed by atoms with E-state index in [0.717, 1.165) is 42.8 Å². The number of hydrogen-bond donors (Lipinski definition) is 2. The molecule has 1 heterocycles. The van der Waals surface area contributed by atoms with Gasteiger partial charge in [0.05, 0.1) is 5.56 Å². The Balaban J connectivity index is 1.74. The maximum atomic E-state index is 13.6. The van der Waals surface area contributed by atoms with Crippen LogP contribution in [0.3, 0.4) is 0 Å². The van der Waals surface area contributed by atoms with Gasteiger partial charge in [-0.05, 0) is 61.2 Å². The minimum atomic E-state index is -0.166. The van der Waals surface area contributed by atoms with Crippen molar-refractivity contribution in [1.29, 1.82) is 5.26 Å². The number of nitrogens with one attached hydrogen (secondary N) is 2. The molecule has 3 amide bonds. The fourth-order valence-electron chi connectivity index (χ4n) is 4.23. The molecule has 8 heteroatoms. The van der Waals surface area contributed by atoms with Crippen molar-refractivity contribution >= 4 is 23.4 Å². The largest absolute Gasteiger partial charge is 0.370 e. The minimum absolute atomic E-state index is 0.0260. The van der Waals surface area contributed by atoms with Gasteiger partial charge in [0.15, 0.2) is 0 Å². The van der Waals surface area contributed by atoms with Gasteiger partial charge in [-0.25, -0.2) is 9.78 Å². The monoisotopic (exact) mass is 512 g/mol. The van der Waals surface area contributed by atoms with Crippen molar-refractivity contribution in [2.75, 3.05) is 30.9 Å². The summed E-state index contributed by atoms with van der Waals surface area (Å²) in [5.41, 5.74) is 2.88. The summed E-state index contributed by atoms with van der Waals surface area (Å²) in [6.45, 7) is 3.23. The number of urea groups is 1. The first kappa shape index (κ1) is 28.2. The summed E-state index contributed by atoms with van der Waals surface area (Å²) in [7, 11) is 3.44. The maximum Gasteiger partial charge on any atom is 0.322 e. The van der Waals surface area contributed by atoms with Crippen LogP contribution in [0.25, 0.3) is 0 Å². The molecule has 0 aliphatic carbocycles. The summed E-state index contributed by atoms with van der Waals surface area (Å²) in [6.07, 6.45) is 4.92. The molecule has 3 rings (SSSR count). The zero-order valence-electron chi connectivity index (χ0n) is 22.4. The summed E-state index contributed by atoms with van der Waals surface area (Å²) < 4.78 is 0. The first-order valence-electron chi connectivity index (χ1n) is 13.0. The predicted molar refractivity (Wildman–Crippen MR) is 151 cm³/mol. The number of anilines is 2. The van der Waals surface area contributed by atoms with Gasteiger partial charge in [-0.1, -0.05) is 43.7 Å². The van der Waals surface area contributed by atoms with Crippen molar-refractivity contribution in [1.82, 2.24) is 15.2 Å². The highest BCUT2D eigenvalue weighted by molar-refractivity contribution is 5.96. The van der Waals surface area contributed by atoms with Gasteiger partial charge in [-0.3, -0.25) is 9.69 Å². The Hall–Kier alpha value is -4.38. The Labute approximate surface area is 225 Å². The van der Waals surface area contributed by atoms with Crippen LogP contribution < -0.4 is 15.5 Å². The van der Waals surface area contributed by atoms with Crippen molar-refractivity contribution in [3.63, 3.8) is 0 Å². The van der Waals surface area contributed by atoms with Gasteiger partial charge in [-0.2, -0.15) is 5.26 Å². The predicted octanol–water partition coefficient (Wildman–Crippen LogP) is 5.43. The van der Waals surface area contributed by atoms with Crippen molar-refractivity contribution < 1.29 is 9.59 Å². The number of nitriles is 1. The van der Waals surface area contributed by atoms with E-state index in [-0.39, 0.29) is 18.0 Å². The molecule has 0 saturated carbocycles. The third-order valence-electron chi connectivity index (χ3n) is 6.20. The van der Waals surface area contributed by atoms with Crippen LogP contribution in [0.4, 0.5) is 16.3 Å². The molecule has 2 aromatic carbocycles. The summed E-state index contributed by atoms with van der Waals surface area (Å²) in [6, 6.07) is 22.5. The first-order valence-corrected chi connectivity index (χ1v) is 13.0. The van der Waals surface area contributed by atoms with Crippen LogP contribution >= 0.6 is 0 Å². The molecule has 198 valence electrons. The number of carbonyl (C=O) groups excluding carboxylic acids is 2. The van der Waals surface area contributed by atoms with Gasteiger partial charge in [0.25, 0.3) is 5.91 Å². The van der Waals surface area contributed by atoms with Gasteiger partial charge in [-0.15, -0.1) is 0 Å². The molecule has 1 aromatic heterocycles. The smallest absolute Gasteiger partial charge is 0.322 e. The standard InChI is InChI=1S/C30H36N6O2/c1-4-9-26(12-8-19-32-28-18-13-24(20-31)22-33-28)36(30(38)34-21-23-10-6-5-7-11-23)27-16-14-25(15-17-27)29(37)35(2)3/h5-7,10-11,13-18,22,26H,4,8-9,12,19,21H2,1-3H3,(H,32,33)(H,34,38)/t26-/m0/s1. The van der Waals surface area contributed by atoms with Crippen molar-refractivity contribution in [2.45, 2.75) is 45.2 Å². The van der Waals surface area contributed by atoms with Crippen LogP contribution in [0.15, 0.2) is 72.9 Å². The Kier molecular flexibility index (Phi) is 10.7. The molecule has 8 nitrogen and oxygen atoms in total. The topological polar surface area (TPSA) is 101 Å². The molecule has 0 unspecified atom stereocenters. The van der Waals surface area contributed by atoms with E-state index in [2.05, 4.69) is 28.6 Å². The van der Waals surface area contributed by atoms with Crippen molar-refractivity contribution in [3.05, 3.63) is 89.6 Å². The zero-order valence-corrected chi connectivity index (χ0v) is 22.4. The van der Waals surface area contributed by atoms with Gasteiger partial charge < -0.3 is 15.5 Å². The molecular weight excluding hydrogens is 476 g/mol. The van der Waals surface area contributed by atoms with Crippen LogP contribution in [0, 0.1) is 11.3 Å². The van der Waals surface area contributed by atoms with E-state index in [9.17, 15) is 9.59 Å². The summed E-state index contributed by atoms with van der Waals surface area (Å²) in [5, 5.41) is 15.3. The number of carbonyl (C=O) groups is 2. The molecule has 2 N–H and O–H groups in total. The van der Waals surface area contributed by atoms with Crippen LogP contribution in [0.5, 0.6) is 0 Å². The van der Waals surface area contributed by atoms with E-state index in [1.54, 1.807) is 44.6 Å². The van der Waals surface area contributed by atoms with E-state index < -0.39 is 0 Å². The number of benzene rings is 2. The van der Waals surface area contributed by atoms with Crippen molar-refractivity contribution in [2.24, 2.45) is 0 Å². The molecule has 0 aliphatic heterocycles. The molecule has 0 saturated heterocycles. The average molecular weight is 513 g/mol. The molecule has 0 aliphatic rings. The average Bonchev–Trinajstić information content (AvgIpc) is 2.95. The second-order valence-corrected chi connectivity index (χ2v) is 9.32. The molecule has 0 bridgehead atoms. The summed E-state index contributed by atoms with van der Waals surface area (Å²) in [4.78, 5) is 33.6. The quantitative estimate of drug-likeness (QED) is 0.315. The Morgan fingerprint density at radius 1 is 1.00 bits per heavy atom. The fourth-order valence-corrected chi connectivity index (χ4v) is 4.23. The maximum absolute atomic E-state index is 13.6. The summed E-state index contributed by atoms with van der Waals surface area (Å²) in [5.74, 6) is 0.638. The molecule has 0 radical (unpaired) electrons. The molecule has 3 aromatic rings.